The molecule has 0 atom stereocenters. The average Bonchev–Trinajstić information content (AvgIpc) is 3.37. The van der Waals surface area contributed by atoms with E-state index >= 15 is 0 Å². The molecule has 4 aromatic rings. The Kier molecular flexibility index (Phi) is 5.56. The molecule has 0 aliphatic heterocycles. The van der Waals surface area contributed by atoms with Crippen LogP contribution in [-0.4, -0.2) is 15.9 Å². The van der Waals surface area contributed by atoms with Crippen LogP contribution in [0.1, 0.15) is 31.9 Å². The molecule has 1 aromatic carbocycles. The monoisotopic (exact) mass is 418 g/mol. The molecule has 4 rings (SSSR count). The van der Waals surface area contributed by atoms with Crippen LogP contribution in [0.3, 0.4) is 0 Å². The van der Waals surface area contributed by atoms with Crippen LogP contribution in [0, 0.1) is 0 Å². The number of aromatic nitrogens is 2. The predicted molar refractivity (Wildman–Crippen MR) is 123 cm³/mol. The van der Waals surface area contributed by atoms with Crippen molar-refractivity contribution in [3.63, 3.8) is 0 Å². The maximum absolute atomic E-state index is 4.77. The fourth-order valence-corrected chi connectivity index (χ4v) is 4.46. The lowest BCUT2D eigenvalue weighted by Gasteiger charge is -2.18. The highest BCUT2D eigenvalue weighted by atomic mass is 32.1. The van der Waals surface area contributed by atoms with Crippen molar-refractivity contribution in [1.82, 2.24) is 9.66 Å². The van der Waals surface area contributed by atoms with Gasteiger partial charge in [0.25, 0.3) is 0 Å². The fraction of sp³-hybridized carbons (Fsp3) is 0.174. The molecule has 3 heterocycles. The maximum Gasteiger partial charge on any atom is 0.211 e. The minimum absolute atomic E-state index is 0.139. The molecule has 0 fully saturated rings. The summed E-state index contributed by atoms with van der Waals surface area (Å²) in [5.74, 6) is 0. The second-order valence-corrected chi connectivity index (χ2v) is 9.42. The second kappa shape index (κ2) is 8.27. The van der Waals surface area contributed by atoms with Crippen LogP contribution < -0.4 is 4.80 Å². The Morgan fingerprint density at radius 1 is 1.00 bits per heavy atom. The lowest BCUT2D eigenvalue weighted by Crippen LogP contribution is -2.12. The van der Waals surface area contributed by atoms with Gasteiger partial charge in [-0.25, -0.2) is 9.67 Å². The van der Waals surface area contributed by atoms with Crippen LogP contribution in [0.4, 0.5) is 5.69 Å². The number of rotatable bonds is 4. The van der Waals surface area contributed by atoms with Crippen molar-refractivity contribution >= 4 is 34.6 Å². The van der Waals surface area contributed by atoms with Crippen molar-refractivity contribution in [2.24, 2.45) is 10.1 Å². The number of hydrogen-bond donors (Lipinski definition) is 0. The van der Waals surface area contributed by atoms with Crippen LogP contribution in [0.15, 0.2) is 81.8 Å². The SMILES string of the molecule is CC(C)(C)c1ccc(C=Nn2c(-c3cccs3)csc2=Nc2cccnc2)cc1. The van der Waals surface area contributed by atoms with Gasteiger partial charge in [0.05, 0.1) is 28.7 Å². The lowest BCUT2D eigenvalue weighted by molar-refractivity contribution is 0.590. The smallest absolute Gasteiger partial charge is 0.211 e. The van der Waals surface area contributed by atoms with E-state index in [0.29, 0.717) is 0 Å². The minimum atomic E-state index is 0.139. The molecule has 0 amide bonds. The number of pyridine rings is 1. The van der Waals surface area contributed by atoms with Gasteiger partial charge in [0, 0.05) is 11.6 Å². The molecule has 146 valence electrons. The lowest BCUT2D eigenvalue weighted by atomic mass is 9.87. The van der Waals surface area contributed by atoms with Gasteiger partial charge in [-0.3, -0.25) is 4.98 Å². The van der Waals surface area contributed by atoms with Gasteiger partial charge >= 0.3 is 0 Å². The van der Waals surface area contributed by atoms with Crippen LogP contribution in [-0.2, 0) is 5.41 Å². The molecule has 0 saturated carbocycles. The third-order valence-electron chi connectivity index (χ3n) is 4.43. The van der Waals surface area contributed by atoms with Crippen molar-refractivity contribution in [3.05, 3.63) is 87.6 Å². The molecule has 0 N–H and O–H groups in total. The van der Waals surface area contributed by atoms with Crippen molar-refractivity contribution in [2.75, 3.05) is 0 Å². The first-order valence-electron chi connectivity index (χ1n) is 9.35. The molecule has 0 saturated heterocycles. The average molecular weight is 419 g/mol. The number of thiazole rings is 1. The predicted octanol–water partition coefficient (Wildman–Crippen LogP) is 6.09. The van der Waals surface area contributed by atoms with Crippen molar-refractivity contribution in [3.8, 4) is 10.6 Å². The summed E-state index contributed by atoms with van der Waals surface area (Å²) in [5.41, 5.74) is 4.35. The standard InChI is InChI=1S/C23H22N4S2/c1-23(2,3)18-10-8-17(9-11-18)14-25-27-20(21-7-5-13-28-21)16-29-22(27)26-19-6-4-12-24-15-19/h4-16H,1-3H3. The zero-order valence-corrected chi connectivity index (χ0v) is 18.2. The third-order valence-corrected chi connectivity index (χ3v) is 6.14. The van der Waals surface area contributed by atoms with Gasteiger partial charge in [0.2, 0.25) is 4.80 Å². The van der Waals surface area contributed by atoms with Crippen LogP contribution in [0.2, 0.25) is 0 Å². The van der Waals surface area contributed by atoms with Gasteiger partial charge in [-0.1, -0.05) is 51.1 Å². The van der Waals surface area contributed by atoms with Gasteiger partial charge in [0.15, 0.2) is 0 Å². The number of hydrogen-bond acceptors (Lipinski definition) is 5. The highest BCUT2D eigenvalue weighted by Crippen LogP contribution is 2.26. The van der Waals surface area contributed by atoms with E-state index in [1.165, 1.54) is 5.56 Å². The normalized spacial score (nSPS) is 12.7. The zero-order chi connectivity index (χ0) is 20.3. The van der Waals surface area contributed by atoms with E-state index < -0.39 is 0 Å². The Labute approximate surface area is 178 Å². The van der Waals surface area contributed by atoms with E-state index in [9.17, 15) is 0 Å². The molecule has 29 heavy (non-hydrogen) atoms. The van der Waals surface area contributed by atoms with Gasteiger partial charge < -0.3 is 0 Å². The van der Waals surface area contributed by atoms with E-state index in [2.05, 4.69) is 72.9 Å². The Morgan fingerprint density at radius 3 is 2.48 bits per heavy atom. The molecule has 3 aromatic heterocycles. The zero-order valence-electron chi connectivity index (χ0n) is 16.6. The van der Waals surface area contributed by atoms with Crippen molar-refractivity contribution in [2.45, 2.75) is 26.2 Å². The van der Waals surface area contributed by atoms with Crippen LogP contribution in [0.5, 0.6) is 0 Å². The van der Waals surface area contributed by atoms with E-state index in [1.54, 1.807) is 35.1 Å². The molecular weight excluding hydrogens is 396 g/mol. The second-order valence-electron chi connectivity index (χ2n) is 7.63. The van der Waals surface area contributed by atoms with Crippen molar-refractivity contribution < 1.29 is 0 Å². The summed E-state index contributed by atoms with van der Waals surface area (Å²) in [5, 5.41) is 8.95. The van der Waals surface area contributed by atoms with E-state index in [4.69, 9.17) is 10.1 Å². The number of nitrogens with zero attached hydrogens (tertiary/aromatic N) is 4. The number of thiophene rings is 1. The van der Waals surface area contributed by atoms with E-state index in [1.807, 2.05) is 23.0 Å². The minimum Gasteiger partial charge on any atom is -0.262 e. The molecule has 0 bridgehead atoms. The summed E-state index contributed by atoms with van der Waals surface area (Å²) in [4.78, 5) is 10.9. The molecule has 0 radical (unpaired) electrons. The summed E-state index contributed by atoms with van der Waals surface area (Å²) in [6, 6.07) is 16.5. The van der Waals surface area contributed by atoms with Gasteiger partial charge in [0.1, 0.15) is 0 Å². The quantitative estimate of drug-likeness (QED) is 0.370. The molecule has 6 heteroatoms. The van der Waals surface area contributed by atoms with E-state index in [-0.39, 0.29) is 5.41 Å². The van der Waals surface area contributed by atoms with Crippen LogP contribution >= 0.6 is 22.7 Å². The molecule has 0 aliphatic rings. The fourth-order valence-electron chi connectivity index (χ4n) is 2.81. The van der Waals surface area contributed by atoms with Gasteiger partial charge in [-0.2, -0.15) is 5.10 Å². The first kappa shape index (κ1) is 19.5. The Morgan fingerprint density at radius 2 is 1.83 bits per heavy atom. The van der Waals surface area contributed by atoms with Crippen LogP contribution in [0.25, 0.3) is 10.6 Å². The molecular formula is C23H22N4S2. The largest absolute Gasteiger partial charge is 0.262 e. The van der Waals surface area contributed by atoms with Gasteiger partial charge in [-0.05, 0) is 40.1 Å². The molecule has 0 spiro atoms. The Bertz CT molecular complexity index is 1160. The highest BCUT2D eigenvalue weighted by Gasteiger charge is 2.12. The van der Waals surface area contributed by atoms with Crippen molar-refractivity contribution in [1.29, 1.82) is 0 Å². The summed E-state index contributed by atoms with van der Waals surface area (Å²) in [6.07, 6.45) is 5.39. The first-order chi connectivity index (χ1) is 14.0. The summed E-state index contributed by atoms with van der Waals surface area (Å²) >= 11 is 3.27. The maximum atomic E-state index is 4.77. The van der Waals surface area contributed by atoms with Gasteiger partial charge in [-0.15, -0.1) is 22.7 Å². The molecule has 4 nitrogen and oxygen atoms in total. The molecule has 0 unspecified atom stereocenters. The first-order valence-corrected chi connectivity index (χ1v) is 11.1. The molecule has 0 aliphatic carbocycles. The van der Waals surface area contributed by atoms with E-state index in [0.717, 1.165) is 26.6 Å². The Hall–Kier alpha value is -2.83. The Balaban J connectivity index is 1.74. The number of benzene rings is 1. The topological polar surface area (TPSA) is 42.5 Å². The summed E-state index contributed by atoms with van der Waals surface area (Å²) in [6.45, 7) is 6.66. The third kappa shape index (κ3) is 4.60. The summed E-state index contributed by atoms with van der Waals surface area (Å²) < 4.78 is 1.90. The highest BCUT2D eigenvalue weighted by molar-refractivity contribution is 7.14. The summed E-state index contributed by atoms with van der Waals surface area (Å²) in [7, 11) is 0.